The quantitative estimate of drug-likeness (QED) is 0.212. The molecule has 1 N–H and O–H groups in total. The molecule has 0 fully saturated rings. The van der Waals surface area contributed by atoms with E-state index in [9.17, 15) is 9.90 Å². The number of oxazole rings is 1. The summed E-state index contributed by atoms with van der Waals surface area (Å²) in [4.78, 5) is 16.7. The van der Waals surface area contributed by atoms with Crippen LogP contribution < -0.4 is 4.74 Å². The maximum absolute atomic E-state index is 12.2. The number of aromatic nitrogens is 1. The number of carbonyl (C=O) groups excluding carboxylic acids is 1. The Morgan fingerprint density at radius 2 is 2.07 bits per heavy atom. The Morgan fingerprint density at radius 3 is 2.83 bits per heavy atom. The van der Waals surface area contributed by atoms with E-state index in [1.54, 1.807) is 43.0 Å². The molecule has 30 heavy (non-hydrogen) atoms. The van der Waals surface area contributed by atoms with E-state index in [2.05, 4.69) is 4.98 Å². The lowest BCUT2D eigenvalue weighted by molar-refractivity contribution is 0.0965. The molecule has 3 aromatic rings. The number of hydrogen-bond donors (Lipinski definition) is 1. The van der Waals surface area contributed by atoms with Crippen molar-refractivity contribution in [1.82, 2.24) is 4.98 Å². The summed E-state index contributed by atoms with van der Waals surface area (Å²) in [6, 6.07) is 8.81. The molecule has 160 valence electrons. The van der Waals surface area contributed by atoms with Gasteiger partial charge in [0.2, 0.25) is 0 Å². The summed E-state index contributed by atoms with van der Waals surface area (Å²) in [6.07, 6.45) is 2.20. The van der Waals surface area contributed by atoms with Crippen molar-refractivity contribution in [2.24, 2.45) is 5.92 Å². The molecule has 5 nitrogen and oxygen atoms in total. The number of ether oxygens (including phenoxy) is 1. The first-order chi connectivity index (χ1) is 14.3. The van der Waals surface area contributed by atoms with Gasteiger partial charge in [0, 0.05) is 22.8 Å². The lowest BCUT2D eigenvalue weighted by Gasteiger charge is -2.13. The van der Waals surface area contributed by atoms with Gasteiger partial charge < -0.3 is 14.3 Å². The highest BCUT2D eigenvalue weighted by Gasteiger charge is 2.17. The largest absolute Gasteiger partial charge is 0.507 e. The van der Waals surface area contributed by atoms with Crippen molar-refractivity contribution in [1.29, 1.82) is 0 Å². The fraction of sp³-hybridized carbons (Fsp3) is 0.391. The van der Waals surface area contributed by atoms with E-state index in [1.807, 2.05) is 19.9 Å². The third-order valence-corrected chi connectivity index (χ3v) is 5.78. The van der Waals surface area contributed by atoms with Crippen LogP contribution in [0.25, 0.3) is 11.1 Å². The Balaban J connectivity index is 1.44. The molecule has 0 saturated heterocycles. The molecule has 2 aromatic carbocycles. The zero-order valence-corrected chi connectivity index (χ0v) is 19.0. The number of rotatable bonds is 10. The molecule has 0 spiro atoms. The van der Waals surface area contributed by atoms with Crippen LogP contribution in [0, 0.1) is 12.8 Å². The molecule has 0 aliphatic heterocycles. The van der Waals surface area contributed by atoms with Crippen molar-refractivity contribution in [3.05, 3.63) is 46.5 Å². The van der Waals surface area contributed by atoms with Crippen LogP contribution in [0.2, 0.25) is 5.02 Å². The van der Waals surface area contributed by atoms with Gasteiger partial charge in [0.1, 0.15) is 17.0 Å². The number of thioether (sulfide) groups is 1. The third kappa shape index (κ3) is 5.70. The average Bonchev–Trinajstić information content (AvgIpc) is 3.08. The molecule has 0 aliphatic carbocycles. The van der Waals surface area contributed by atoms with Crippen molar-refractivity contribution in [3.63, 3.8) is 0 Å². The average molecular weight is 448 g/mol. The Hall–Kier alpha value is -2.18. The second kappa shape index (κ2) is 10.2. The van der Waals surface area contributed by atoms with Crippen molar-refractivity contribution < 1.29 is 19.1 Å². The topological polar surface area (TPSA) is 72.6 Å². The van der Waals surface area contributed by atoms with Crippen molar-refractivity contribution in [2.75, 3.05) is 12.4 Å². The van der Waals surface area contributed by atoms with Crippen LogP contribution in [0.15, 0.2) is 40.0 Å². The molecule has 3 rings (SSSR count). The second-order valence-electron chi connectivity index (χ2n) is 7.60. The van der Waals surface area contributed by atoms with E-state index in [-0.39, 0.29) is 17.5 Å². The summed E-state index contributed by atoms with van der Waals surface area (Å²) >= 11 is 7.53. The minimum atomic E-state index is -0.0457. The van der Waals surface area contributed by atoms with E-state index in [1.165, 1.54) is 0 Å². The molecule has 1 heterocycles. The minimum Gasteiger partial charge on any atom is -0.507 e. The maximum Gasteiger partial charge on any atom is 0.256 e. The van der Waals surface area contributed by atoms with Gasteiger partial charge >= 0.3 is 0 Å². The van der Waals surface area contributed by atoms with E-state index < -0.39 is 0 Å². The van der Waals surface area contributed by atoms with Gasteiger partial charge in [-0.25, -0.2) is 4.98 Å². The van der Waals surface area contributed by atoms with E-state index >= 15 is 0 Å². The van der Waals surface area contributed by atoms with Gasteiger partial charge in [-0.1, -0.05) is 37.2 Å². The molecule has 0 unspecified atom stereocenters. The number of unbranched alkanes of at least 4 members (excludes halogenated alkanes) is 1. The minimum absolute atomic E-state index is 0.0183. The van der Waals surface area contributed by atoms with Gasteiger partial charge in [-0.3, -0.25) is 4.79 Å². The van der Waals surface area contributed by atoms with Crippen LogP contribution in [0.5, 0.6) is 11.5 Å². The molecule has 0 radical (unpaired) electrons. The molecule has 0 aliphatic rings. The van der Waals surface area contributed by atoms with Gasteiger partial charge in [0.15, 0.2) is 11.4 Å². The third-order valence-electron chi connectivity index (χ3n) is 4.63. The summed E-state index contributed by atoms with van der Waals surface area (Å²) in [7, 11) is 0. The highest BCUT2D eigenvalue weighted by atomic mass is 35.5. The smallest absolute Gasteiger partial charge is 0.256 e. The van der Waals surface area contributed by atoms with Gasteiger partial charge in [-0.05, 0) is 56.0 Å². The molecule has 1 aromatic heterocycles. The maximum atomic E-state index is 12.2. The van der Waals surface area contributed by atoms with Gasteiger partial charge in [-0.2, -0.15) is 0 Å². The number of halogens is 1. The predicted molar refractivity (Wildman–Crippen MR) is 121 cm³/mol. The summed E-state index contributed by atoms with van der Waals surface area (Å²) in [6.45, 7) is 6.27. The predicted octanol–water partition coefficient (Wildman–Crippen LogP) is 6.68. The number of ketones is 1. The SMILES string of the molecule is Cc1c(OCCCCSc2nc3cc(Cl)ccc3o2)ccc(C(=O)CC(C)C)c1O. The Labute approximate surface area is 185 Å². The van der Waals surface area contributed by atoms with Crippen molar-refractivity contribution in [3.8, 4) is 11.5 Å². The van der Waals surface area contributed by atoms with Gasteiger partial charge in [0.05, 0.1) is 12.2 Å². The van der Waals surface area contributed by atoms with Crippen LogP contribution in [0.3, 0.4) is 0 Å². The number of hydrogen-bond acceptors (Lipinski definition) is 6. The lowest BCUT2D eigenvalue weighted by Crippen LogP contribution is -2.06. The molecule has 7 heteroatoms. The highest BCUT2D eigenvalue weighted by molar-refractivity contribution is 7.99. The first kappa shape index (κ1) is 22.5. The molecule has 0 amide bonds. The summed E-state index contributed by atoms with van der Waals surface area (Å²) in [5.41, 5.74) is 2.46. The number of carbonyl (C=O) groups is 1. The number of aromatic hydroxyl groups is 1. The zero-order valence-electron chi connectivity index (χ0n) is 17.4. The van der Waals surface area contributed by atoms with E-state index in [4.69, 9.17) is 20.8 Å². The summed E-state index contributed by atoms with van der Waals surface area (Å²) in [5, 5.41) is 11.7. The number of nitrogens with zero attached hydrogens (tertiary/aromatic N) is 1. The van der Waals surface area contributed by atoms with Crippen LogP contribution in [-0.2, 0) is 0 Å². The number of phenolic OH excluding ortho intramolecular Hbond substituents is 1. The molecule has 0 bridgehead atoms. The monoisotopic (exact) mass is 447 g/mol. The van der Waals surface area contributed by atoms with Gasteiger partial charge in [-0.15, -0.1) is 0 Å². The first-order valence-corrected chi connectivity index (χ1v) is 11.4. The molecule has 0 atom stereocenters. The fourth-order valence-electron chi connectivity index (χ4n) is 3.03. The Morgan fingerprint density at radius 1 is 1.27 bits per heavy atom. The van der Waals surface area contributed by atoms with Crippen LogP contribution >= 0.6 is 23.4 Å². The van der Waals surface area contributed by atoms with Crippen LogP contribution in [0.1, 0.15) is 49.0 Å². The zero-order chi connectivity index (χ0) is 21.7. The lowest BCUT2D eigenvalue weighted by atomic mass is 9.98. The van der Waals surface area contributed by atoms with Crippen LogP contribution in [0.4, 0.5) is 0 Å². The molecular formula is C23H26ClNO4S. The highest BCUT2D eigenvalue weighted by Crippen LogP contribution is 2.32. The number of benzene rings is 2. The number of fused-ring (bicyclic) bond motifs is 1. The Kier molecular flexibility index (Phi) is 7.67. The van der Waals surface area contributed by atoms with E-state index in [0.717, 1.165) is 29.7 Å². The molecule has 0 saturated carbocycles. The Bertz CT molecular complexity index is 1030. The fourth-order valence-corrected chi connectivity index (χ4v) is 4.03. The summed E-state index contributed by atoms with van der Waals surface area (Å²) < 4.78 is 11.5. The first-order valence-electron chi connectivity index (χ1n) is 10.0. The molecular weight excluding hydrogens is 422 g/mol. The van der Waals surface area contributed by atoms with Gasteiger partial charge in [0.25, 0.3) is 5.22 Å². The van der Waals surface area contributed by atoms with Crippen molar-refractivity contribution in [2.45, 2.75) is 45.3 Å². The van der Waals surface area contributed by atoms with E-state index in [0.29, 0.717) is 40.1 Å². The van der Waals surface area contributed by atoms with Crippen molar-refractivity contribution >= 4 is 40.2 Å². The number of Topliss-reactive ketones (excluding diaryl/α,β-unsaturated/α-hetero) is 1. The van der Waals surface area contributed by atoms with Crippen LogP contribution in [-0.4, -0.2) is 28.2 Å². The summed E-state index contributed by atoms with van der Waals surface area (Å²) in [5.74, 6) is 1.69. The standard InChI is InChI=1S/C23H26ClNO4S/c1-14(2)12-19(26)17-7-9-20(15(3)22(17)27)28-10-4-5-11-30-23-25-18-13-16(24)6-8-21(18)29-23/h6-9,13-14,27H,4-5,10-12H2,1-3H3. The second-order valence-corrected chi connectivity index (χ2v) is 9.08. The normalized spacial score (nSPS) is 11.4. The number of phenols is 1.